The Balaban J connectivity index is 2.01. The predicted octanol–water partition coefficient (Wildman–Crippen LogP) is 3.89. The smallest absolute Gasteiger partial charge is 0.247 e. The number of nitrogens with one attached hydrogen (secondary N) is 2. The van der Waals surface area contributed by atoms with Crippen LogP contribution in [0.15, 0.2) is 48.5 Å². The molecule has 0 aliphatic rings. The number of carbonyl (C=O) groups excluding carboxylic acids is 2. The molecule has 2 rings (SSSR count). The zero-order valence-electron chi connectivity index (χ0n) is 15.0. The molecule has 5 nitrogen and oxygen atoms in total. The Hall–Kier alpha value is -2.82. The molecule has 0 aromatic heterocycles. The first-order chi connectivity index (χ1) is 11.8. The van der Waals surface area contributed by atoms with Gasteiger partial charge in [-0.1, -0.05) is 26.0 Å². The lowest BCUT2D eigenvalue weighted by Crippen LogP contribution is -2.46. The average molecular weight is 340 g/mol. The van der Waals surface area contributed by atoms with Crippen LogP contribution in [0.25, 0.3) is 0 Å². The third-order valence-electron chi connectivity index (χ3n) is 3.65. The van der Waals surface area contributed by atoms with Crippen LogP contribution in [0.3, 0.4) is 0 Å². The van der Waals surface area contributed by atoms with Crippen LogP contribution in [-0.4, -0.2) is 17.9 Å². The van der Waals surface area contributed by atoms with Gasteiger partial charge in [-0.2, -0.15) is 0 Å². The Bertz CT molecular complexity index is 739. The molecule has 2 amide bonds. The van der Waals surface area contributed by atoms with E-state index in [0.29, 0.717) is 11.4 Å². The van der Waals surface area contributed by atoms with E-state index in [1.807, 2.05) is 45.0 Å². The fourth-order valence-corrected chi connectivity index (χ4v) is 2.40. The number of ether oxygens (including phenoxy) is 1. The quantitative estimate of drug-likeness (QED) is 0.838. The number of anilines is 1. The monoisotopic (exact) mass is 340 g/mol. The second-order valence-corrected chi connectivity index (χ2v) is 6.35. The lowest BCUT2D eigenvalue weighted by atomic mass is 10.0. The van der Waals surface area contributed by atoms with Gasteiger partial charge in [-0.05, 0) is 54.8 Å². The summed E-state index contributed by atoms with van der Waals surface area (Å²) < 4.78 is 5.79. The van der Waals surface area contributed by atoms with Crippen molar-refractivity contribution in [2.45, 2.75) is 33.7 Å². The molecule has 2 N–H and O–H groups in total. The van der Waals surface area contributed by atoms with Gasteiger partial charge in [0.05, 0.1) is 0 Å². The maximum atomic E-state index is 12.3. The van der Waals surface area contributed by atoms with Crippen LogP contribution in [-0.2, 0) is 9.59 Å². The van der Waals surface area contributed by atoms with Crippen LogP contribution in [0, 0.1) is 12.8 Å². The van der Waals surface area contributed by atoms with Gasteiger partial charge in [0.15, 0.2) is 0 Å². The topological polar surface area (TPSA) is 67.4 Å². The molecular formula is C20H24N2O3. The summed E-state index contributed by atoms with van der Waals surface area (Å²) in [7, 11) is 0. The summed E-state index contributed by atoms with van der Waals surface area (Å²) >= 11 is 0. The van der Waals surface area contributed by atoms with Crippen molar-refractivity contribution in [1.29, 1.82) is 0 Å². The largest absolute Gasteiger partial charge is 0.457 e. The molecule has 0 aliphatic carbocycles. The minimum Gasteiger partial charge on any atom is -0.457 e. The number of hydrogen-bond acceptors (Lipinski definition) is 3. The van der Waals surface area contributed by atoms with Crippen LogP contribution in [0.2, 0.25) is 0 Å². The van der Waals surface area contributed by atoms with Gasteiger partial charge in [-0.3, -0.25) is 9.59 Å². The summed E-state index contributed by atoms with van der Waals surface area (Å²) in [5.41, 5.74) is 1.77. The molecule has 0 aliphatic heterocycles. The van der Waals surface area contributed by atoms with E-state index in [2.05, 4.69) is 10.6 Å². The van der Waals surface area contributed by atoms with Crippen LogP contribution < -0.4 is 15.4 Å². The molecule has 1 atom stereocenters. The molecule has 132 valence electrons. The first kappa shape index (κ1) is 18.5. The fourth-order valence-electron chi connectivity index (χ4n) is 2.40. The number of rotatable bonds is 6. The van der Waals surface area contributed by atoms with Gasteiger partial charge in [-0.25, -0.2) is 0 Å². The van der Waals surface area contributed by atoms with Crippen LogP contribution in [0.1, 0.15) is 26.3 Å². The summed E-state index contributed by atoms with van der Waals surface area (Å²) in [5, 5.41) is 5.49. The summed E-state index contributed by atoms with van der Waals surface area (Å²) in [6, 6.07) is 14.4. The van der Waals surface area contributed by atoms with Crippen LogP contribution in [0.5, 0.6) is 11.5 Å². The summed E-state index contributed by atoms with van der Waals surface area (Å²) in [5.74, 6) is 0.981. The van der Waals surface area contributed by atoms with Gasteiger partial charge in [0.1, 0.15) is 17.5 Å². The molecule has 5 heteroatoms. The van der Waals surface area contributed by atoms with E-state index in [0.717, 1.165) is 11.3 Å². The molecule has 0 saturated carbocycles. The predicted molar refractivity (Wildman–Crippen MR) is 98.8 cm³/mol. The van der Waals surface area contributed by atoms with Crippen molar-refractivity contribution in [3.05, 3.63) is 54.1 Å². The molecule has 0 heterocycles. The van der Waals surface area contributed by atoms with Crippen LogP contribution in [0.4, 0.5) is 5.69 Å². The average Bonchev–Trinajstić information content (AvgIpc) is 2.54. The maximum absolute atomic E-state index is 12.3. The fraction of sp³-hybridized carbons (Fsp3) is 0.300. The van der Waals surface area contributed by atoms with Crippen molar-refractivity contribution < 1.29 is 14.3 Å². The normalized spacial score (nSPS) is 11.7. The van der Waals surface area contributed by atoms with Gasteiger partial charge in [0.25, 0.3) is 0 Å². The van der Waals surface area contributed by atoms with E-state index in [1.165, 1.54) is 6.92 Å². The highest BCUT2D eigenvalue weighted by atomic mass is 16.5. The van der Waals surface area contributed by atoms with Gasteiger partial charge in [0, 0.05) is 12.6 Å². The van der Waals surface area contributed by atoms with Gasteiger partial charge < -0.3 is 15.4 Å². The van der Waals surface area contributed by atoms with Crippen LogP contribution >= 0.6 is 0 Å². The van der Waals surface area contributed by atoms with Crippen molar-refractivity contribution >= 4 is 17.5 Å². The highest BCUT2D eigenvalue weighted by molar-refractivity contribution is 5.97. The maximum Gasteiger partial charge on any atom is 0.247 e. The van der Waals surface area contributed by atoms with E-state index >= 15 is 0 Å². The van der Waals surface area contributed by atoms with E-state index in [1.54, 1.807) is 24.3 Å². The van der Waals surface area contributed by atoms with Crippen molar-refractivity contribution in [3.8, 4) is 11.5 Å². The summed E-state index contributed by atoms with van der Waals surface area (Å²) in [6.07, 6.45) is 0. The standard InChI is InChI=1S/C20H24N2O3/c1-13(2)19(21-15(4)23)20(24)22-16-8-10-17(11-9-16)25-18-7-5-6-14(3)12-18/h5-13,19H,1-4H3,(H,21,23)(H,22,24)/t19-/m0/s1. The Kier molecular flexibility index (Phi) is 6.17. The lowest BCUT2D eigenvalue weighted by Gasteiger charge is -2.21. The van der Waals surface area contributed by atoms with Crippen molar-refractivity contribution in [3.63, 3.8) is 0 Å². The van der Waals surface area contributed by atoms with Gasteiger partial charge >= 0.3 is 0 Å². The number of hydrogen-bond donors (Lipinski definition) is 2. The first-order valence-corrected chi connectivity index (χ1v) is 8.27. The minimum atomic E-state index is -0.569. The first-order valence-electron chi connectivity index (χ1n) is 8.27. The van der Waals surface area contributed by atoms with E-state index in [-0.39, 0.29) is 17.7 Å². The Labute approximate surface area is 148 Å². The summed E-state index contributed by atoms with van der Waals surface area (Å²) in [6.45, 7) is 7.18. The third-order valence-corrected chi connectivity index (χ3v) is 3.65. The zero-order chi connectivity index (χ0) is 18.4. The molecule has 0 saturated heterocycles. The Morgan fingerprint density at radius 2 is 1.68 bits per heavy atom. The van der Waals surface area contributed by atoms with Gasteiger partial charge in [-0.15, -0.1) is 0 Å². The Morgan fingerprint density at radius 1 is 1.00 bits per heavy atom. The molecule has 25 heavy (non-hydrogen) atoms. The number of benzene rings is 2. The lowest BCUT2D eigenvalue weighted by molar-refractivity contribution is -0.126. The molecular weight excluding hydrogens is 316 g/mol. The van der Waals surface area contributed by atoms with E-state index < -0.39 is 6.04 Å². The molecule has 0 radical (unpaired) electrons. The molecule has 0 unspecified atom stereocenters. The van der Waals surface area contributed by atoms with Crippen molar-refractivity contribution in [2.24, 2.45) is 5.92 Å². The van der Waals surface area contributed by atoms with E-state index in [9.17, 15) is 9.59 Å². The molecule has 2 aromatic carbocycles. The van der Waals surface area contributed by atoms with E-state index in [4.69, 9.17) is 4.74 Å². The third kappa shape index (κ3) is 5.64. The molecule has 0 bridgehead atoms. The number of carbonyl (C=O) groups is 2. The number of aryl methyl sites for hydroxylation is 1. The van der Waals surface area contributed by atoms with Crippen molar-refractivity contribution in [2.75, 3.05) is 5.32 Å². The Morgan fingerprint density at radius 3 is 2.24 bits per heavy atom. The SMILES string of the molecule is CC(=O)N[C@H](C(=O)Nc1ccc(Oc2cccc(C)c2)cc1)C(C)C. The summed E-state index contributed by atoms with van der Waals surface area (Å²) in [4.78, 5) is 23.6. The van der Waals surface area contributed by atoms with Gasteiger partial charge in [0.2, 0.25) is 11.8 Å². The molecule has 2 aromatic rings. The number of amides is 2. The zero-order valence-corrected chi connectivity index (χ0v) is 15.0. The van der Waals surface area contributed by atoms with Crippen molar-refractivity contribution in [1.82, 2.24) is 5.32 Å². The minimum absolute atomic E-state index is 0.00664. The second-order valence-electron chi connectivity index (χ2n) is 6.35. The highest BCUT2D eigenvalue weighted by Gasteiger charge is 2.22. The molecule has 0 fully saturated rings. The second kappa shape index (κ2) is 8.33. The highest BCUT2D eigenvalue weighted by Crippen LogP contribution is 2.23. The molecule has 0 spiro atoms.